The number of benzene rings is 3. The molecule has 0 aromatic heterocycles. The Morgan fingerprint density at radius 2 is 1.37 bits per heavy atom. The van der Waals surface area contributed by atoms with Crippen LogP contribution in [-0.4, -0.2) is 5.71 Å². The number of nitrogens with zero attached hydrogens (tertiary/aromatic N) is 1. The molecule has 1 aliphatic heterocycles. The minimum absolute atomic E-state index is 0.509. The zero-order valence-electron chi connectivity index (χ0n) is 17.3. The van der Waals surface area contributed by atoms with Crippen molar-refractivity contribution in [3.05, 3.63) is 76.3 Å². The van der Waals surface area contributed by atoms with Gasteiger partial charge >= 0.3 is 0 Å². The van der Waals surface area contributed by atoms with Crippen LogP contribution >= 0.6 is 0 Å². The van der Waals surface area contributed by atoms with Gasteiger partial charge in [-0.1, -0.05) is 71.9 Å². The lowest BCUT2D eigenvalue weighted by Gasteiger charge is -2.15. The molecule has 1 heterocycles. The topological polar surface area (TPSA) is 12.4 Å². The fourth-order valence-corrected chi connectivity index (χ4v) is 4.09. The molecule has 4 rings (SSSR count). The summed E-state index contributed by atoms with van der Waals surface area (Å²) in [7, 11) is 0. The SMILES string of the molecule is CC(C)c1cc(C2=Nc3ccc(C(C)C)c4cccc2c34)cc(C(C)C)c1. The van der Waals surface area contributed by atoms with Gasteiger partial charge in [-0.25, -0.2) is 4.99 Å². The van der Waals surface area contributed by atoms with E-state index in [-0.39, 0.29) is 0 Å². The molecule has 0 saturated carbocycles. The number of hydrogen-bond acceptors (Lipinski definition) is 1. The van der Waals surface area contributed by atoms with E-state index in [0.717, 1.165) is 11.4 Å². The lowest BCUT2D eigenvalue weighted by molar-refractivity contribution is 0.833. The zero-order chi connectivity index (χ0) is 19.3. The summed E-state index contributed by atoms with van der Waals surface area (Å²) in [5.74, 6) is 1.53. The normalized spacial score (nSPS) is 13.3. The maximum atomic E-state index is 5.08. The molecule has 0 aliphatic carbocycles. The highest BCUT2D eigenvalue weighted by Crippen LogP contribution is 2.41. The van der Waals surface area contributed by atoms with Crippen molar-refractivity contribution < 1.29 is 0 Å². The Labute approximate surface area is 163 Å². The Hall–Kier alpha value is -2.41. The Morgan fingerprint density at radius 3 is 1.96 bits per heavy atom. The first-order valence-electron chi connectivity index (χ1n) is 10.2. The van der Waals surface area contributed by atoms with E-state index >= 15 is 0 Å². The second-order valence-corrected chi connectivity index (χ2v) is 8.71. The molecule has 3 aromatic carbocycles. The van der Waals surface area contributed by atoms with Gasteiger partial charge in [0.25, 0.3) is 0 Å². The second-order valence-electron chi connectivity index (χ2n) is 8.71. The number of aliphatic imine (C=N–C) groups is 1. The summed E-state index contributed by atoms with van der Waals surface area (Å²) in [6.07, 6.45) is 0. The fraction of sp³-hybridized carbons (Fsp3) is 0.346. The maximum absolute atomic E-state index is 5.08. The van der Waals surface area contributed by atoms with E-state index in [1.54, 1.807) is 0 Å². The average molecular weight is 356 g/mol. The minimum atomic E-state index is 0.509. The van der Waals surface area contributed by atoms with Crippen LogP contribution in [0.2, 0.25) is 0 Å². The third-order valence-electron chi connectivity index (χ3n) is 5.75. The van der Waals surface area contributed by atoms with Crippen molar-refractivity contribution >= 4 is 22.2 Å². The third kappa shape index (κ3) is 3.00. The van der Waals surface area contributed by atoms with Crippen molar-refractivity contribution in [2.75, 3.05) is 0 Å². The van der Waals surface area contributed by atoms with E-state index in [1.807, 2.05) is 0 Å². The molecule has 0 spiro atoms. The van der Waals surface area contributed by atoms with Crippen LogP contribution in [-0.2, 0) is 0 Å². The smallest absolute Gasteiger partial charge is 0.0789 e. The third-order valence-corrected chi connectivity index (χ3v) is 5.75. The molecule has 1 nitrogen and oxygen atoms in total. The van der Waals surface area contributed by atoms with Crippen molar-refractivity contribution in [3.63, 3.8) is 0 Å². The quantitative estimate of drug-likeness (QED) is 0.356. The Balaban J connectivity index is 1.94. The summed E-state index contributed by atoms with van der Waals surface area (Å²) in [5.41, 5.74) is 8.96. The van der Waals surface area contributed by atoms with Crippen molar-refractivity contribution in [1.82, 2.24) is 0 Å². The summed E-state index contributed by atoms with van der Waals surface area (Å²) >= 11 is 0. The van der Waals surface area contributed by atoms with E-state index in [9.17, 15) is 0 Å². The fourth-order valence-electron chi connectivity index (χ4n) is 4.09. The lowest BCUT2D eigenvalue weighted by atomic mass is 9.89. The first-order valence-corrected chi connectivity index (χ1v) is 10.2. The molecular weight excluding hydrogens is 326 g/mol. The van der Waals surface area contributed by atoms with Gasteiger partial charge in [-0.05, 0) is 58.0 Å². The van der Waals surface area contributed by atoms with E-state index < -0.39 is 0 Å². The summed E-state index contributed by atoms with van der Waals surface area (Å²) in [5, 5.41) is 2.67. The highest BCUT2D eigenvalue weighted by molar-refractivity contribution is 6.26. The van der Waals surface area contributed by atoms with Crippen molar-refractivity contribution in [3.8, 4) is 0 Å². The largest absolute Gasteiger partial charge is 0.247 e. The van der Waals surface area contributed by atoms with Gasteiger partial charge < -0.3 is 0 Å². The van der Waals surface area contributed by atoms with Gasteiger partial charge in [0, 0.05) is 16.5 Å². The van der Waals surface area contributed by atoms with E-state index in [2.05, 4.69) is 90.1 Å². The van der Waals surface area contributed by atoms with Crippen LogP contribution in [0.3, 0.4) is 0 Å². The molecule has 1 heteroatoms. The van der Waals surface area contributed by atoms with Crippen molar-refractivity contribution in [2.45, 2.75) is 59.3 Å². The summed E-state index contributed by atoms with van der Waals surface area (Å²) in [4.78, 5) is 5.08. The number of rotatable bonds is 4. The molecule has 0 fully saturated rings. The average Bonchev–Trinajstić information content (AvgIpc) is 3.02. The van der Waals surface area contributed by atoms with Crippen LogP contribution in [0.4, 0.5) is 5.69 Å². The molecule has 27 heavy (non-hydrogen) atoms. The molecule has 0 atom stereocenters. The second kappa shape index (κ2) is 6.64. The van der Waals surface area contributed by atoms with Gasteiger partial charge in [-0.2, -0.15) is 0 Å². The van der Waals surface area contributed by atoms with Crippen LogP contribution in [0.1, 0.15) is 87.1 Å². The van der Waals surface area contributed by atoms with Gasteiger partial charge in [0.05, 0.1) is 11.4 Å². The van der Waals surface area contributed by atoms with Crippen LogP contribution in [0, 0.1) is 0 Å². The van der Waals surface area contributed by atoms with Crippen LogP contribution in [0.15, 0.2) is 53.5 Å². The predicted molar refractivity (Wildman–Crippen MR) is 118 cm³/mol. The Bertz CT molecular complexity index is 1020. The van der Waals surface area contributed by atoms with Crippen molar-refractivity contribution in [2.24, 2.45) is 4.99 Å². The highest BCUT2D eigenvalue weighted by Gasteiger charge is 2.22. The molecule has 0 bridgehead atoms. The summed E-state index contributed by atoms with van der Waals surface area (Å²) in [6.45, 7) is 13.6. The summed E-state index contributed by atoms with van der Waals surface area (Å²) < 4.78 is 0. The standard InChI is InChI=1S/C26H29N/c1-15(2)18-12-19(16(3)4)14-20(13-18)26-23-9-7-8-22-21(17(5)6)10-11-24(27-26)25(22)23/h7-17H,1-6H3. The molecular formula is C26H29N. The van der Waals surface area contributed by atoms with Gasteiger partial charge in [0.15, 0.2) is 0 Å². The Kier molecular flexibility index (Phi) is 4.42. The predicted octanol–water partition coefficient (Wildman–Crippen LogP) is 7.69. The highest BCUT2D eigenvalue weighted by atomic mass is 14.8. The van der Waals surface area contributed by atoms with E-state index in [4.69, 9.17) is 4.99 Å². The van der Waals surface area contributed by atoms with Crippen molar-refractivity contribution in [1.29, 1.82) is 0 Å². The molecule has 0 unspecified atom stereocenters. The monoisotopic (exact) mass is 355 g/mol. The van der Waals surface area contributed by atoms with E-state index in [1.165, 1.54) is 38.6 Å². The molecule has 0 saturated heterocycles. The molecule has 0 N–H and O–H groups in total. The first-order chi connectivity index (χ1) is 12.9. The maximum Gasteiger partial charge on any atom is 0.0789 e. The summed E-state index contributed by atoms with van der Waals surface area (Å²) in [6, 6.07) is 18.2. The van der Waals surface area contributed by atoms with Gasteiger partial charge in [-0.15, -0.1) is 0 Å². The van der Waals surface area contributed by atoms with Crippen LogP contribution in [0.5, 0.6) is 0 Å². The molecule has 3 aromatic rings. The lowest BCUT2D eigenvalue weighted by Crippen LogP contribution is -2.04. The molecule has 138 valence electrons. The van der Waals surface area contributed by atoms with Crippen LogP contribution in [0.25, 0.3) is 10.8 Å². The first kappa shape index (κ1) is 18.0. The zero-order valence-corrected chi connectivity index (χ0v) is 17.3. The minimum Gasteiger partial charge on any atom is -0.247 e. The Morgan fingerprint density at radius 1 is 0.704 bits per heavy atom. The van der Waals surface area contributed by atoms with Gasteiger partial charge in [0.2, 0.25) is 0 Å². The van der Waals surface area contributed by atoms with Gasteiger partial charge in [0.1, 0.15) is 0 Å². The van der Waals surface area contributed by atoms with Crippen LogP contribution < -0.4 is 0 Å². The molecule has 0 radical (unpaired) electrons. The van der Waals surface area contributed by atoms with E-state index in [0.29, 0.717) is 17.8 Å². The molecule has 1 aliphatic rings. The van der Waals surface area contributed by atoms with Gasteiger partial charge in [-0.3, -0.25) is 0 Å². The molecule has 0 amide bonds. The number of hydrogen-bond donors (Lipinski definition) is 0.